The smallest absolute Gasteiger partial charge is 0.147 e. The van der Waals surface area contributed by atoms with Crippen molar-refractivity contribution in [2.24, 2.45) is 5.92 Å². The second-order valence-corrected chi connectivity index (χ2v) is 6.09. The molecule has 0 aromatic heterocycles. The largest absolute Gasteiger partial charge is 0.368 e. The van der Waals surface area contributed by atoms with Gasteiger partial charge in [0.2, 0.25) is 0 Å². The van der Waals surface area contributed by atoms with Gasteiger partial charge < -0.3 is 10.2 Å². The van der Waals surface area contributed by atoms with Gasteiger partial charge >= 0.3 is 0 Å². The number of benzene rings is 1. The molecule has 4 heteroatoms. The van der Waals surface area contributed by atoms with Gasteiger partial charge in [-0.3, -0.25) is 0 Å². The molecule has 1 aromatic carbocycles. The average Bonchev–Trinajstić information content (AvgIpc) is 2.75. The standard InChI is InChI=1S/C14H20BrFN2/c1-10(2)17-8-11-6-7-18(9-11)14-12(15)4-3-5-13(14)16/h3-5,10-11,17H,6-9H2,1-2H3. The fourth-order valence-electron chi connectivity index (χ4n) is 2.40. The Hall–Kier alpha value is -0.610. The minimum atomic E-state index is -0.137. The minimum Gasteiger partial charge on any atom is -0.368 e. The number of hydrogen-bond acceptors (Lipinski definition) is 2. The Balaban J connectivity index is 2.00. The highest BCUT2D eigenvalue weighted by molar-refractivity contribution is 9.10. The van der Waals surface area contributed by atoms with Crippen LogP contribution in [0.2, 0.25) is 0 Å². The van der Waals surface area contributed by atoms with Crippen LogP contribution in [-0.4, -0.2) is 25.7 Å². The molecule has 2 nitrogen and oxygen atoms in total. The summed E-state index contributed by atoms with van der Waals surface area (Å²) in [4.78, 5) is 2.14. The molecule has 0 spiro atoms. The zero-order valence-corrected chi connectivity index (χ0v) is 12.5. The maximum Gasteiger partial charge on any atom is 0.147 e. The Labute approximate surface area is 117 Å². The van der Waals surface area contributed by atoms with E-state index in [1.807, 2.05) is 6.07 Å². The first-order chi connectivity index (χ1) is 8.58. The summed E-state index contributed by atoms with van der Waals surface area (Å²) in [5.41, 5.74) is 0.713. The van der Waals surface area contributed by atoms with E-state index in [2.05, 4.69) is 40.0 Å². The maximum absolute atomic E-state index is 13.9. The molecule has 1 heterocycles. The molecule has 0 amide bonds. The summed E-state index contributed by atoms with van der Waals surface area (Å²) in [6.45, 7) is 7.18. The lowest BCUT2D eigenvalue weighted by atomic mass is 10.1. The van der Waals surface area contributed by atoms with Gasteiger partial charge in [0.05, 0.1) is 5.69 Å². The Bertz CT molecular complexity index is 389. The summed E-state index contributed by atoms with van der Waals surface area (Å²) in [7, 11) is 0. The van der Waals surface area contributed by atoms with Crippen LogP contribution in [0.5, 0.6) is 0 Å². The fourth-order valence-corrected chi connectivity index (χ4v) is 2.99. The third-order valence-corrected chi connectivity index (χ3v) is 3.99. The van der Waals surface area contributed by atoms with Crippen LogP contribution in [0.15, 0.2) is 22.7 Å². The van der Waals surface area contributed by atoms with Crippen molar-refractivity contribution in [1.29, 1.82) is 0 Å². The van der Waals surface area contributed by atoms with E-state index >= 15 is 0 Å². The van der Waals surface area contributed by atoms with Gasteiger partial charge in [0.25, 0.3) is 0 Å². The van der Waals surface area contributed by atoms with Crippen LogP contribution < -0.4 is 10.2 Å². The molecule has 1 N–H and O–H groups in total. The van der Waals surface area contributed by atoms with Crippen LogP contribution in [0.1, 0.15) is 20.3 Å². The summed E-state index contributed by atoms with van der Waals surface area (Å²) < 4.78 is 14.7. The number of rotatable bonds is 4. The van der Waals surface area contributed by atoms with Crippen molar-refractivity contribution in [3.8, 4) is 0 Å². The van der Waals surface area contributed by atoms with Crippen molar-refractivity contribution in [1.82, 2.24) is 5.32 Å². The zero-order valence-electron chi connectivity index (χ0n) is 10.9. The Morgan fingerprint density at radius 1 is 1.50 bits per heavy atom. The molecule has 18 heavy (non-hydrogen) atoms. The second kappa shape index (κ2) is 6.02. The number of halogens is 2. The van der Waals surface area contributed by atoms with E-state index < -0.39 is 0 Å². The van der Waals surface area contributed by atoms with Crippen LogP contribution in [0.3, 0.4) is 0 Å². The number of anilines is 1. The molecule has 1 saturated heterocycles. The molecule has 0 saturated carbocycles. The summed E-state index contributed by atoms with van der Waals surface area (Å²) in [6.07, 6.45) is 1.13. The van der Waals surface area contributed by atoms with E-state index in [0.717, 1.165) is 30.5 Å². The molecular weight excluding hydrogens is 295 g/mol. The number of hydrogen-bond donors (Lipinski definition) is 1. The predicted molar refractivity (Wildman–Crippen MR) is 77.6 cm³/mol. The third-order valence-electron chi connectivity index (χ3n) is 3.35. The average molecular weight is 315 g/mol. The molecule has 1 unspecified atom stereocenters. The van der Waals surface area contributed by atoms with E-state index in [0.29, 0.717) is 17.6 Å². The van der Waals surface area contributed by atoms with Gasteiger partial charge in [-0.05, 0) is 46.9 Å². The van der Waals surface area contributed by atoms with Gasteiger partial charge in [0.15, 0.2) is 0 Å². The first-order valence-corrected chi connectivity index (χ1v) is 7.29. The topological polar surface area (TPSA) is 15.3 Å². The molecule has 0 radical (unpaired) electrons. The van der Waals surface area contributed by atoms with Gasteiger partial charge in [0.1, 0.15) is 5.82 Å². The SMILES string of the molecule is CC(C)NCC1CCN(c2c(F)cccc2Br)C1. The molecule has 1 aromatic rings. The maximum atomic E-state index is 13.9. The summed E-state index contributed by atoms with van der Waals surface area (Å²) in [6, 6.07) is 5.67. The predicted octanol–water partition coefficient (Wildman–Crippen LogP) is 3.41. The van der Waals surface area contributed by atoms with E-state index in [4.69, 9.17) is 0 Å². The molecule has 1 aliphatic heterocycles. The molecule has 100 valence electrons. The fraction of sp³-hybridized carbons (Fsp3) is 0.571. The van der Waals surface area contributed by atoms with E-state index in [1.165, 1.54) is 6.07 Å². The molecular formula is C14H20BrFN2. The highest BCUT2D eigenvalue weighted by Gasteiger charge is 2.25. The van der Waals surface area contributed by atoms with Crippen LogP contribution in [0, 0.1) is 11.7 Å². The summed E-state index contributed by atoms with van der Waals surface area (Å²) in [5.74, 6) is 0.473. The van der Waals surface area contributed by atoms with E-state index in [1.54, 1.807) is 6.07 Å². The zero-order chi connectivity index (χ0) is 13.1. The first kappa shape index (κ1) is 13.8. The minimum absolute atomic E-state index is 0.137. The van der Waals surface area contributed by atoms with Crippen molar-refractivity contribution in [2.75, 3.05) is 24.5 Å². The third kappa shape index (κ3) is 3.23. The van der Waals surface area contributed by atoms with Crippen molar-refractivity contribution in [2.45, 2.75) is 26.3 Å². The van der Waals surface area contributed by atoms with Crippen LogP contribution in [0.4, 0.5) is 10.1 Å². The first-order valence-electron chi connectivity index (χ1n) is 6.50. The van der Waals surface area contributed by atoms with Gasteiger partial charge in [-0.2, -0.15) is 0 Å². The molecule has 1 fully saturated rings. The molecule has 1 aliphatic rings. The monoisotopic (exact) mass is 314 g/mol. The van der Waals surface area contributed by atoms with Gasteiger partial charge in [-0.1, -0.05) is 19.9 Å². The van der Waals surface area contributed by atoms with Crippen molar-refractivity contribution in [3.05, 3.63) is 28.5 Å². The van der Waals surface area contributed by atoms with Crippen molar-refractivity contribution < 1.29 is 4.39 Å². The molecule has 2 rings (SSSR count). The Kier molecular flexibility index (Phi) is 4.62. The van der Waals surface area contributed by atoms with Gasteiger partial charge in [-0.25, -0.2) is 4.39 Å². The summed E-state index contributed by atoms with van der Waals surface area (Å²) >= 11 is 3.44. The van der Waals surface area contributed by atoms with Crippen LogP contribution in [0.25, 0.3) is 0 Å². The molecule has 1 atom stereocenters. The normalized spacial score (nSPS) is 19.8. The van der Waals surface area contributed by atoms with E-state index in [-0.39, 0.29) is 5.82 Å². The number of nitrogens with zero attached hydrogens (tertiary/aromatic N) is 1. The van der Waals surface area contributed by atoms with Crippen LogP contribution >= 0.6 is 15.9 Å². The van der Waals surface area contributed by atoms with Crippen molar-refractivity contribution >= 4 is 21.6 Å². The lowest BCUT2D eigenvalue weighted by molar-refractivity contribution is 0.480. The summed E-state index contributed by atoms with van der Waals surface area (Å²) in [5, 5.41) is 3.46. The van der Waals surface area contributed by atoms with E-state index in [9.17, 15) is 4.39 Å². The van der Waals surface area contributed by atoms with Crippen molar-refractivity contribution in [3.63, 3.8) is 0 Å². The van der Waals surface area contributed by atoms with Crippen LogP contribution in [-0.2, 0) is 0 Å². The second-order valence-electron chi connectivity index (χ2n) is 5.23. The number of nitrogens with one attached hydrogen (secondary N) is 1. The lowest BCUT2D eigenvalue weighted by Gasteiger charge is -2.21. The lowest BCUT2D eigenvalue weighted by Crippen LogP contribution is -2.31. The van der Waals surface area contributed by atoms with Gasteiger partial charge in [-0.15, -0.1) is 0 Å². The Morgan fingerprint density at radius 2 is 2.28 bits per heavy atom. The molecule has 0 bridgehead atoms. The number of para-hydroxylation sites is 1. The quantitative estimate of drug-likeness (QED) is 0.916. The van der Waals surface area contributed by atoms with Gasteiger partial charge in [0, 0.05) is 23.6 Å². The molecule has 0 aliphatic carbocycles. The highest BCUT2D eigenvalue weighted by atomic mass is 79.9. The Morgan fingerprint density at radius 3 is 2.94 bits per heavy atom. The highest BCUT2D eigenvalue weighted by Crippen LogP contribution is 2.32.